The van der Waals surface area contributed by atoms with Crippen molar-refractivity contribution in [2.24, 2.45) is 0 Å². The molecule has 1 atom stereocenters. The second-order valence-electron chi connectivity index (χ2n) is 4.05. The number of hydrogen-bond acceptors (Lipinski definition) is 4. The fourth-order valence-electron chi connectivity index (χ4n) is 1.79. The lowest BCUT2D eigenvalue weighted by atomic mass is 10.2. The number of amides is 1. The van der Waals surface area contributed by atoms with E-state index >= 15 is 0 Å². The van der Waals surface area contributed by atoms with Crippen LogP contribution in [-0.2, 0) is 9.84 Å². The molecule has 1 aromatic heterocycles. The summed E-state index contributed by atoms with van der Waals surface area (Å²) in [4.78, 5) is 11.9. The van der Waals surface area contributed by atoms with Crippen LogP contribution < -0.4 is 5.32 Å². The molecule has 6 nitrogen and oxygen atoms in total. The minimum Gasteiger partial charge on any atom is -0.345 e. The van der Waals surface area contributed by atoms with Crippen molar-refractivity contribution >= 4 is 15.7 Å². The molecular weight excluding hydrogens is 242 g/mol. The highest BCUT2D eigenvalue weighted by Gasteiger charge is 2.25. The van der Waals surface area contributed by atoms with Gasteiger partial charge in [0.25, 0.3) is 5.91 Å². The highest BCUT2D eigenvalue weighted by Crippen LogP contribution is 2.12. The molecule has 0 aliphatic carbocycles. The number of nitrogens with zero attached hydrogens (tertiary/aromatic N) is 1. The number of sulfone groups is 1. The van der Waals surface area contributed by atoms with Crippen LogP contribution in [0.1, 0.15) is 21.7 Å². The molecule has 2 N–H and O–H groups in total. The molecule has 0 saturated heterocycles. The Hall–Kier alpha value is -1.63. The van der Waals surface area contributed by atoms with Gasteiger partial charge in [-0.25, -0.2) is 8.42 Å². The van der Waals surface area contributed by atoms with Gasteiger partial charge < -0.3 is 5.32 Å². The molecule has 0 saturated carbocycles. The molecule has 0 spiro atoms. The van der Waals surface area contributed by atoms with Crippen LogP contribution in [0.25, 0.3) is 0 Å². The van der Waals surface area contributed by atoms with Crippen LogP contribution in [0.15, 0.2) is 11.5 Å². The van der Waals surface area contributed by atoms with Crippen LogP contribution >= 0.6 is 0 Å². The Morgan fingerprint density at radius 3 is 2.71 bits per heavy atom. The van der Waals surface area contributed by atoms with Gasteiger partial charge in [-0.3, -0.25) is 9.89 Å². The quantitative estimate of drug-likeness (QED) is 0.782. The van der Waals surface area contributed by atoms with Gasteiger partial charge in [-0.15, -0.1) is 0 Å². The number of hydrogen-bond donors (Lipinski definition) is 2. The minimum absolute atomic E-state index is 0.0747. The van der Waals surface area contributed by atoms with Crippen LogP contribution in [0.2, 0.25) is 0 Å². The summed E-state index contributed by atoms with van der Waals surface area (Å²) >= 11 is 0. The summed E-state index contributed by atoms with van der Waals surface area (Å²) in [6.07, 6.45) is 1.48. The Morgan fingerprint density at radius 2 is 2.24 bits per heavy atom. The first-order chi connectivity index (χ1) is 7.89. The molecule has 2 rings (SSSR count). The average molecular weight is 255 g/mol. The first-order valence-electron chi connectivity index (χ1n) is 5.12. The second kappa shape index (κ2) is 3.99. The van der Waals surface area contributed by atoms with Crippen molar-refractivity contribution in [3.8, 4) is 0 Å². The van der Waals surface area contributed by atoms with Gasteiger partial charge in [0, 0.05) is 11.1 Å². The zero-order chi connectivity index (χ0) is 12.6. The van der Waals surface area contributed by atoms with E-state index in [-0.39, 0.29) is 11.7 Å². The van der Waals surface area contributed by atoms with Crippen LogP contribution in [0, 0.1) is 13.8 Å². The van der Waals surface area contributed by atoms with E-state index in [1.54, 1.807) is 13.8 Å². The monoisotopic (exact) mass is 255 g/mol. The van der Waals surface area contributed by atoms with E-state index in [4.69, 9.17) is 0 Å². The van der Waals surface area contributed by atoms with E-state index in [0.717, 1.165) is 5.41 Å². The van der Waals surface area contributed by atoms with Crippen molar-refractivity contribution in [1.82, 2.24) is 15.5 Å². The standard InChI is InChI=1S/C10H13N3O3S/c1-6-9(7(2)13-12-6)10(14)11-8-3-4-17(15,16)5-8/h3-4,8H,5H2,1-2H3,(H,11,14)(H,12,13). The Labute approximate surface area is 99.0 Å². The summed E-state index contributed by atoms with van der Waals surface area (Å²) in [7, 11) is -3.15. The van der Waals surface area contributed by atoms with E-state index in [1.165, 1.54) is 6.08 Å². The number of carbonyl (C=O) groups is 1. The maximum absolute atomic E-state index is 11.9. The summed E-state index contributed by atoms with van der Waals surface area (Å²) < 4.78 is 22.4. The van der Waals surface area contributed by atoms with Crippen molar-refractivity contribution in [2.45, 2.75) is 19.9 Å². The number of aromatic amines is 1. The normalized spacial score (nSPS) is 21.6. The predicted octanol–water partition coefficient (Wildman–Crippen LogP) is 0.0670. The largest absolute Gasteiger partial charge is 0.345 e. The fraction of sp³-hybridized carbons (Fsp3) is 0.400. The lowest BCUT2D eigenvalue weighted by Crippen LogP contribution is -2.35. The number of aromatic nitrogens is 2. The molecule has 17 heavy (non-hydrogen) atoms. The van der Waals surface area contributed by atoms with E-state index in [2.05, 4.69) is 15.5 Å². The van der Waals surface area contributed by atoms with Crippen LogP contribution in [0.5, 0.6) is 0 Å². The fourth-order valence-corrected chi connectivity index (χ4v) is 3.03. The maximum atomic E-state index is 11.9. The molecule has 1 unspecified atom stereocenters. The SMILES string of the molecule is Cc1n[nH]c(C)c1C(=O)NC1C=CS(=O)(=O)C1. The van der Waals surface area contributed by atoms with Gasteiger partial charge in [-0.05, 0) is 19.9 Å². The highest BCUT2D eigenvalue weighted by molar-refractivity contribution is 7.94. The van der Waals surface area contributed by atoms with Gasteiger partial charge in [0.15, 0.2) is 9.84 Å². The lowest BCUT2D eigenvalue weighted by Gasteiger charge is -2.09. The van der Waals surface area contributed by atoms with Gasteiger partial charge in [-0.2, -0.15) is 5.10 Å². The average Bonchev–Trinajstić information content (AvgIpc) is 2.70. The van der Waals surface area contributed by atoms with Crippen molar-refractivity contribution in [3.63, 3.8) is 0 Å². The zero-order valence-electron chi connectivity index (χ0n) is 9.52. The van der Waals surface area contributed by atoms with Crippen molar-refractivity contribution in [2.75, 3.05) is 5.75 Å². The molecule has 92 valence electrons. The molecule has 1 aliphatic heterocycles. The first kappa shape index (κ1) is 11.8. The van der Waals surface area contributed by atoms with Crippen LogP contribution in [0.3, 0.4) is 0 Å². The number of aryl methyl sites for hydroxylation is 2. The smallest absolute Gasteiger partial charge is 0.255 e. The van der Waals surface area contributed by atoms with Crippen LogP contribution in [0.4, 0.5) is 0 Å². The number of H-pyrrole nitrogens is 1. The Bertz CT molecular complexity index is 566. The van der Waals surface area contributed by atoms with Gasteiger partial charge in [0.05, 0.1) is 23.1 Å². The first-order valence-corrected chi connectivity index (χ1v) is 6.84. The summed E-state index contributed by atoms with van der Waals surface area (Å²) in [6.45, 7) is 3.47. The molecular formula is C10H13N3O3S. The van der Waals surface area contributed by atoms with Gasteiger partial charge >= 0.3 is 0 Å². The van der Waals surface area contributed by atoms with Gasteiger partial charge in [0.2, 0.25) is 0 Å². The summed E-state index contributed by atoms with van der Waals surface area (Å²) in [5.41, 5.74) is 1.75. The Kier molecular flexibility index (Phi) is 2.78. The Morgan fingerprint density at radius 1 is 1.53 bits per heavy atom. The zero-order valence-corrected chi connectivity index (χ0v) is 10.3. The minimum atomic E-state index is -3.15. The molecule has 1 aliphatic rings. The topological polar surface area (TPSA) is 91.9 Å². The summed E-state index contributed by atoms with van der Waals surface area (Å²) in [5.74, 6) is -0.380. The van der Waals surface area contributed by atoms with E-state index in [1.807, 2.05) is 0 Å². The molecule has 0 bridgehead atoms. The third-order valence-electron chi connectivity index (χ3n) is 2.60. The molecule has 1 aromatic rings. The van der Waals surface area contributed by atoms with Crippen molar-refractivity contribution < 1.29 is 13.2 Å². The van der Waals surface area contributed by atoms with Crippen LogP contribution in [-0.4, -0.2) is 36.3 Å². The summed E-state index contributed by atoms with van der Waals surface area (Å²) in [5, 5.41) is 10.4. The van der Waals surface area contributed by atoms with Gasteiger partial charge in [0.1, 0.15) is 0 Å². The molecule has 1 amide bonds. The van der Waals surface area contributed by atoms with E-state index in [0.29, 0.717) is 17.0 Å². The number of nitrogens with one attached hydrogen (secondary N) is 2. The molecule has 0 fully saturated rings. The Balaban J connectivity index is 2.12. The molecule has 7 heteroatoms. The van der Waals surface area contributed by atoms with Gasteiger partial charge in [-0.1, -0.05) is 0 Å². The molecule has 0 radical (unpaired) electrons. The second-order valence-corrected chi connectivity index (χ2v) is 5.98. The third kappa shape index (κ3) is 2.38. The van der Waals surface area contributed by atoms with E-state index in [9.17, 15) is 13.2 Å². The molecule has 0 aromatic carbocycles. The van der Waals surface area contributed by atoms with E-state index < -0.39 is 15.9 Å². The summed E-state index contributed by atoms with van der Waals surface area (Å²) in [6, 6.07) is -0.457. The maximum Gasteiger partial charge on any atom is 0.255 e. The molecule has 2 heterocycles. The number of rotatable bonds is 2. The third-order valence-corrected chi connectivity index (χ3v) is 4.00. The lowest BCUT2D eigenvalue weighted by molar-refractivity contribution is 0.0946. The number of carbonyl (C=O) groups excluding carboxylic acids is 1. The highest BCUT2D eigenvalue weighted by atomic mass is 32.2. The predicted molar refractivity (Wildman–Crippen MR) is 62.2 cm³/mol. The van der Waals surface area contributed by atoms with Crippen molar-refractivity contribution in [1.29, 1.82) is 0 Å². The van der Waals surface area contributed by atoms with Crippen molar-refractivity contribution in [3.05, 3.63) is 28.4 Å².